The van der Waals surface area contributed by atoms with E-state index in [1.807, 2.05) is 0 Å². The van der Waals surface area contributed by atoms with Crippen LogP contribution >= 0.6 is 0 Å². The molecule has 2 heteroatoms. The summed E-state index contributed by atoms with van der Waals surface area (Å²) in [6.07, 6.45) is 1.99. The van der Waals surface area contributed by atoms with Gasteiger partial charge in [-0.05, 0) is 24.7 Å². The second-order valence-electron chi connectivity index (χ2n) is 3.97. The Balaban J connectivity index is 2.10. The van der Waals surface area contributed by atoms with Crippen molar-refractivity contribution in [3.05, 3.63) is 0 Å². The summed E-state index contributed by atoms with van der Waals surface area (Å²) in [5.41, 5.74) is -0.0376. The Kier molecular flexibility index (Phi) is 0.577. The summed E-state index contributed by atoms with van der Waals surface area (Å²) in [6.45, 7) is 0. The van der Waals surface area contributed by atoms with Gasteiger partial charge in [-0.3, -0.25) is 0 Å². The summed E-state index contributed by atoms with van der Waals surface area (Å²) in [7, 11) is 0. The molecule has 0 aromatic carbocycles. The number of nitriles is 1. The van der Waals surface area contributed by atoms with Crippen LogP contribution in [0.2, 0.25) is 0 Å². The average Bonchev–Trinajstić information content (AvgIpc) is 2.36. The molecule has 4 aliphatic carbocycles. The molecule has 0 radical (unpaired) electrons. The molecule has 5 atom stereocenters. The van der Waals surface area contributed by atoms with Crippen LogP contribution in [0.1, 0.15) is 12.8 Å². The van der Waals surface area contributed by atoms with Crippen LogP contribution in [0.25, 0.3) is 0 Å². The third-order valence-electron chi connectivity index (χ3n) is 3.80. The molecule has 0 unspecified atom stereocenters. The standard InChI is InChI=1S/C8H9NO/c9-3-8-2-4-1-5(8)6(8)7(4)10/h4-7,10H,1-2H2/t4-,5-,6-,7-,8+/m0/s1. The lowest BCUT2D eigenvalue weighted by atomic mass is 10.1. The van der Waals surface area contributed by atoms with Crippen LogP contribution in [0.15, 0.2) is 0 Å². The zero-order valence-corrected chi connectivity index (χ0v) is 5.62. The highest BCUT2D eigenvalue weighted by Gasteiger charge is 2.79. The maximum absolute atomic E-state index is 9.49. The van der Waals surface area contributed by atoms with Crippen LogP contribution in [0, 0.1) is 34.5 Å². The second-order valence-corrected chi connectivity index (χ2v) is 3.97. The highest BCUT2D eigenvalue weighted by molar-refractivity contribution is 5.33. The van der Waals surface area contributed by atoms with Gasteiger partial charge in [-0.15, -0.1) is 0 Å². The molecule has 4 aliphatic rings. The molecule has 2 nitrogen and oxygen atoms in total. The summed E-state index contributed by atoms with van der Waals surface area (Å²) in [5.74, 6) is 1.44. The molecule has 0 amide bonds. The quantitative estimate of drug-likeness (QED) is 0.526. The van der Waals surface area contributed by atoms with Gasteiger partial charge in [0, 0.05) is 5.92 Å². The van der Waals surface area contributed by atoms with E-state index < -0.39 is 0 Å². The van der Waals surface area contributed by atoms with Crippen LogP contribution in [0.4, 0.5) is 0 Å². The number of rotatable bonds is 0. The van der Waals surface area contributed by atoms with Crippen molar-refractivity contribution in [2.24, 2.45) is 23.2 Å². The van der Waals surface area contributed by atoms with Crippen LogP contribution in [-0.2, 0) is 0 Å². The van der Waals surface area contributed by atoms with Crippen molar-refractivity contribution in [3.63, 3.8) is 0 Å². The molecule has 4 fully saturated rings. The van der Waals surface area contributed by atoms with E-state index in [1.165, 1.54) is 0 Å². The number of hydrogen-bond acceptors (Lipinski definition) is 2. The Morgan fingerprint density at radius 2 is 2.40 bits per heavy atom. The molecule has 0 aliphatic heterocycles. The van der Waals surface area contributed by atoms with Gasteiger partial charge in [0.1, 0.15) is 0 Å². The average molecular weight is 135 g/mol. The summed E-state index contributed by atoms with van der Waals surface area (Å²) in [6, 6.07) is 2.38. The first-order valence-electron chi connectivity index (χ1n) is 3.89. The van der Waals surface area contributed by atoms with E-state index in [9.17, 15) is 5.11 Å². The van der Waals surface area contributed by atoms with Gasteiger partial charge in [-0.2, -0.15) is 5.26 Å². The highest BCUT2D eigenvalue weighted by atomic mass is 16.3. The van der Waals surface area contributed by atoms with Crippen LogP contribution in [-0.4, -0.2) is 11.2 Å². The van der Waals surface area contributed by atoms with Crippen molar-refractivity contribution in [3.8, 4) is 6.07 Å². The lowest BCUT2D eigenvalue weighted by Crippen LogP contribution is -2.09. The number of aliphatic hydroxyl groups excluding tert-OH is 1. The van der Waals surface area contributed by atoms with Crippen LogP contribution in [0.3, 0.4) is 0 Å². The third kappa shape index (κ3) is 0.277. The fourth-order valence-electron chi connectivity index (χ4n) is 3.34. The van der Waals surface area contributed by atoms with Gasteiger partial charge in [-0.1, -0.05) is 0 Å². The predicted molar refractivity (Wildman–Crippen MR) is 33.8 cm³/mol. The summed E-state index contributed by atoms with van der Waals surface area (Å²) in [4.78, 5) is 0. The molecule has 4 rings (SSSR count). The molecular weight excluding hydrogens is 126 g/mol. The lowest BCUT2D eigenvalue weighted by Gasteiger charge is -2.03. The molecule has 0 heterocycles. The Morgan fingerprint density at radius 1 is 1.60 bits per heavy atom. The van der Waals surface area contributed by atoms with Gasteiger partial charge in [0.2, 0.25) is 0 Å². The minimum Gasteiger partial charge on any atom is -0.392 e. The molecule has 52 valence electrons. The van der Waals surface area contributed by atoms with Crippen molar-refractivity contribution in [2.75, 3.05) is 0 Å². The predicted octanol–water partition coefficient (Wildman–Crippen LogP) is 0.527. The van der Waals surface area contributed by atoms with Gasteiger partial charge in [0.05, 0.1) is 17.6 Å². The first-order chi connectivity index (χ1) is 4.79. The zero-order chi connectivity index (χ0) is 6.93. The number of aliphatic hydroxyl groups is 1. The van der Waals surface area contributed by atoms with Gasteiger partial charge >= 0.3 is 0 Å². The Labute approximate surface area is 59.5 Å². The largest absolute Gasteiger partial charge is 0.392 e. The molecule has 0 aromatic rings. The Morgan fingerprint density at radius 3 is 2.60 bits per heavy atom. The third-order valence-corrected chi connectivity index (χ3v) is 3.80. The first-order valence-corrected chi connectivity index (χ1v) is 3.89. The van der Waals surface area contributed by atoms with Crippen molar-refractivity contribution in [2.45, 2.75) is 18.9 Å². The van der Waals surface area contributed by atoms with Gasteiger partial charge < -0.3 is 5.11 Å². The summed E-state index contributed by atoms with van der Waals surface area (Å²) in [5, 5.41) is 18.3. The Bertz CT molecular complexity index is 244. The fraction of sp³-hybridized carbons (Fsp3) is 0.875. The minimum absolute atomic E-state index is 0.0376. The molecular formula is C8H9NO. The molecule has 0 spiro atoms. The maximum Gasteiger partial charge on any atom is 0.0697 e. The topological polar surface area (TPSA) is 44.0 Å². The van der Waals surface area contributed by atoms with E-state index in [0.717, 1.165) is 12.8 Å². The van der Waals surface area contributed by atoms with Crippen molar-refractivity contribution in [1.29, 1.82) is 5.26 Å². The number of nitrogens with zero attached hydrogens (tertiary/aromatic N) is 1. The maximum atomic E-state index is 9.49. The smallest absolute Gasteiger partial charge is 0.0697 e. The first kappa shape index (κ1) is 5.15. The minimum atomic E-state index is -0.121. The SMILES string of the molecule is N#C[C@]12C[C@@H]3C[C@H]1[C@H]2[C@H]3O. The van der Waals surface area contributed by atoms with E-state index in [-0.39, 0.29) is 11.5 Å². The van der Waals surface area contributed by atoms with Crippen molar-refractivity contribution in [1.82, 2.24) is 0 Å². The summed E-state index contributed by atoms with van der Waals surface area (Å²) < 4.78 is 0. The van der Waals surface area contributed by atoms with E-state index in [1.54, 1.807) is 0 Å². The van der Waals surface area contributed by atoms with E-state index >= 15 is 0 Å². The zero-order valence-electron chi connectivity index (χ0n) is 5.62. The number of hydrogen-bond donors (Lipinski definition) is 1. The molecule has 0 saturated heterocycles. The molecule has 0 aromatic heterocycles. The monoisotopic (exact) mass is 135 g/mol. The van der Waals surface area contributed by atoms with Gasteiger partial charge in [0.25, 0.3) is 0 Å². The Hall–Kier alpha value is -0.550. The second kappa shape index (κ2) is 1.12. The highest BCUT2D eigenvalue weighted by Crippen LogP contribution is 2.78. The molecule has 4 saturated carbocycles. The molecule has 4 bridgehead atoms. The van der Waals surface area contributed by atoms with E-state index in [2.05, 4.69) is 6.07 Å². The van der Waals surface area contributed by atoms with Crippen molar-refractivity contribution >= 4 is 0 Å². The molecule has 10 heavy (non-hydrogen) atoms. The van der Waals surface area contributed by atoms with E-state index in [0.29, 0.717) is 17.8 Å². The lowest BCUT2D eigenvalue weighted by molar-refractivity contribution is 0.134. The van der Waals surface area contributed by atoms with Gasteiger partial charge in [0.15, 0.2) is 0 Å². The van der Waals surface area contributed by atoms with Crippen LogP contribution < -0.4 is 0 Å². The normalized spacial score (nSPS) is 68.0. The summed E-state index contributed by atoms with van der Waals surface area (Å²) >= 11 is 0. The van der Waals surface area contributed by atoms with Crippen LogP contribution in [0.5, 0.6) is 0 Å². The fourth-order valence-corrected chi connectivity index (χ4v) is 3.34. The van der Waals surface area contributed by atoms with Gasteiger partial charge in [-0.25, -0.2) is 0 Å². The van der Waals surface area contributed by atoms with E-state index in [4.69, 9.17) is 5.26 Å². The van der Waals surface area contributed by atoms with Crippen molar-refractivity contribution < 1.29 is 5.11 Å². The molecule has 1 N–H and O–H groups in total.